The monoisotopic (exact) mass is 290 g/mol. The highest BCUT2D eigenvalue weighted by molar-refractivity contribution is 7.14. The molecule has 0 aliphatic carbocycles. The van der Waals surface area contributed by atoms with Gasteiger partial charge in [0.15, 0.2) is 5.13 Å². The van der Waals surface area contributed by atoms with Gasteiger partial charge in [-0.2, -0.15) is 0 Å². The summed E-state index contributed by atoms with van der Waals surface area (Å²) in [4.78, 5) is 21.7. The van der Waals surface area contributed by atoms with E-state index in [1.807, 2.05) is 30.6 Å². The van der Waals surface area contributed by atoms with Gasteiger partial charge >= 0.3 is 0 Å². The third-order valence-electron chi connectivity index (χ3n) is 2.82. The molecule has 0 unspecified atom stereocenters. The number of hydrogen-bond acceptors (Lipinski definition) is 5. The molecule has 0 saturated heterocycles. The Labute approximate surface area is 122 Å². The van der Waals surface area contributed by atoms with E-state index >= 15 is 0 Å². The summed E-state index contributed by atoms with van der Waals surface area (Å²) in [5.41, 5.74) is 2.09. The van der Waals surface area contributed by atoms with Crippen LogP contribution in [0.25, 0.3) is 0 Å². The van der Waals surface area contributed by atoms with Crippen LogP contribution >= 0.6 is 11.3 Å². The van der Waals surface area contributed by atoms with Crippen LogP contribution in [0.4, 0.5) is 5.13 Å². The molecule has 2 aromatic rings. The van der Waals surface area contributed by atoms with E-state index < -0.39 is 0 Å². The smallest absolute Gasteiger partial charge is 0.225 e. The van der Waals surface area contributed by atoms with Crippen LogP contribution in [0.3, 0.4) is 0 Å². The minimum Gasteiger partial charge on any atom is -0.307 e. The summed E-state index contributed by atoms with van der Waals surface area (Å²) in [5, 5.41) is 6.06. The Bertz CT molecular complexity index is 555. The van der Waals surface area contributed by atoms with Gasteiger partial charge in [0.2, 0.25) is 5.91 Å². The van der Waals surface area contributed by atoms with E-state index in [0.717, 1.165) is 22.9 Å². The van der Waals surface area contributed by atoms with Crippen LogP contribution in [0.2, 0.25) is 0 Å². The van der Waals surface area contributed by atoms with Crippen LogP contribution in [0, 0.1) is 0 Å². The van der Waals surface area contributed by atoms with Crippen molar-refractivity contribution in [1.29, 1.82) is 0 Å². The molecule has 0 fully saturated rings. The topological polar surface area (TPSA) is 58.1 Å². The number of aromatic nitrogens is 2. The SMILES string of the molecule is CCN(C(C)=O)c1nc(CNCc2cccnc2)cs1. The molecule has 1 N–H and O–H groups in total. The van der Waals surface area contributed by atoms with Crippen LogP contribution < -0.4 is 10.2 Å². The zero-order valence-corrected chi connectivity index (χ0v) is 12.5. The maximum absolute atomic E-state index is 11.5. The first kappa shape index (κ1) is 14.6. The highest BCUT2D eigenvalue weighted by Crippen LogP contribution is 2.20. The average molecular weight is 290 g/mol. The number of carbonyl (C=O) groups excluding carboxylic acids is 1. The fraction of sp³-hybridized carbons (Fsp3) is 0.357. The summed E-state index contributed by atoms with van der Waals surface area (Å²) in [6, 6.07) is 3.95. The number of nitrogens with zero attached hydrogens (tertiary/aromatic N) is 3. The van der Waals surface area contributed by atoms with Crippen molar-refractivity contribution in [3.63, 3.8) is 0 Å². The van der Waals surface area contributed by atoms with E-state index in [2.05, 4.69) is 15.3 Å². The third-order valence-corrected chi connectivity index (χ3v) is 3.74. The maximum Gasteiger partial charge on any atom is 0.225 e. The van der Waals surface area contributed by atoms with Gasteiger partial charge in [-0.25, -0.2) is 4.98 Å². The number of amides is 1. The highest BCUT2D eigenvalue weighted by atomic mass is 32.1. The van der Waals surface area contributed by atoms with Crippen LogP contribution in [0.15, 0.2) is 29.9 Å². The Balaban J connectivity index is 1.88. The minimum atomic E-state index is 0.0247. The standard InChI is InChI=1S/C14H18N4OS/c1-3-18(11(2)19)14-17-13(10-20-14)9-16-8-12-5-4-6-15-7-12/h4-7,10,16H,3,8-9H2,1-2H3. The van der Waals surface area contributed by atoms with E-state index in [-0.39, 0.29) is 5.91 Å². The minimum absolute atomic E-state index is 0.0247. The van der Waals surface area contributed by atoms with Crippen molar-refractivity contribution in [1.82, 2.24) is 15.3 Å². The fourth-order valence-electron chi connectivity index (χ4n) is 1.83. The molecular formula is C14H18N4OS. The molecule has 0 radical (unpaired) electrons. The molecule has 2 aromatic heterocycles. The zero-order chi connectivity index (χ0) is 14.4. The quantitative estimate of drug-likeness (QED) is 0.886. The van der Waals surface area contributed by atoms with E-state index in [0.29, 0.717) is 13.1 Å². The number of carbonyl (C=O) groups is 1. The van der Waals surface area contributed by atoms with Crippen molar-refractivity contribution < 1.29 is 4.79 Å². The van der Waals surface area contributed by atoms with Gasteiger partial charge in [-0.1, -0.05) is 6.07 Å². The number of pyridine rings is 1. The number of hydrogen-bond donors (Lipinski definition) is 1. The first-order chi connectivity index (χ1) is 9.70. The van der Waals surface area contributed by atoms with Gasteiger partial charge in [0.1, 0.15) is 0 Å². The van der Waals surface area contributed by atoms with Crippen molar-refractivity contribution in [3.05, 3.63) is 41.2 Å². The Hall–Kier alpha value is -1.79. The lowest BCUT2D eigenvalue weighted by Crippen LogP contribution is -2.27. The Morgan fingerprint density at radius 3 is 2.95 bits per heavy atom. The number of anilines is 1. The fourth-order valence-corrected chi connectivity index (χ4v) is 2.76. The van der Waals surface area contributed by atoms with Gasteiger partial charge in [0.25, 0.3) is 0 Å². The van der Waals surface area contributed by atoms with Gasteiger partial charge in [-0.3, -0.25) is 14.7 Å². The second kappa shape index (κ2) is 7.12. The Morgan fingerprint density at radius 2 is 2.30 bits per heavy atom. The maximum atomic E-state index is 11.5. The summed E-state index contributed by atoms with van der Waals surface area (Å²) < 4.78 is 0. The van der Waals surface area contributed by atoms with Crippen LogP contribution in [0.5, 0.6) is 0 Å². The normalized spacial score (nSPS) is 10.5. The first-order valence-corrected chi connectivity index (χ1v) is 7.40. The summed E-state index contributed by atoms with van der Waals surface area (Å²) in [6.45, 7) is 5.59. The number of rotatable bonds is 6. The van der Waals surface area contributed by atoms with Gasteiger partial charge < -0.3 is 5.32 Å². The van der Waals surface area contributed by atoms with Crippen molar-refractivity contribution in [3.8, 4) is 0 Å². The van der Waals surface area contributed by atoms with Crippen LogP contribution in [-0.2, 0) is 17.9 Å². The second-order valence-electron chi connectivity index (χ2n) is 4.35. The van der Waals surface area contributed by atoms with E-state index in [9.17, 15) is 4.79 Å². The highest BCUT2D eigenvalue weighted by Gasteiger charge is 2.12. The van der Waals surface area contributed by atoms with Crippen LogP contribution in [-0.4, -0.2) is 22.4 Å². The largest absolute Gasteiger partial charge is 0.307 e. The summed E-state index contributed by atoms with van der Waals surface area (Å²) in [5.74, 6) is 0.0247. The third kappa shape index (κ3) is 3.85. The number of thiazole rings is 1. The molecule has 0 aliphatic rings. The van der Waals surface area contributed by atoms with Crippen LogP contribution in [0.1, 0.15) is 25.1 Å². The van der Waals surface area contributed by atoms with Gasteiger partial charge in [-0.05, 0) is 18.6 Å². The van der Waals surface area contributed by atoms with Gasteiger partial charge in [0.05, 0.1) is 5.69 Å². The Kier molecular flexibility index (Phi) is 5.20. The molecule has 2 heterocycles. The zero-order valence-electron chi connectivity index (χ0n) is 11.7. The van der Waals surface area contributed by atoms with Crippen molar-refractivity contribution >= 4 is 22.4 Å². The van der Waals surface area contributed by atoms with Gasteiger partial charge in [0, 0.05) is 44.3 Å². The molecule has 0 aromatic carbocycles. The molecule has 0 atom stereocenters. The first-order valence-electron chi connectivity index (χ1n) is 6.53. The molecule has 0 aliphatic heterocycles. The number of nitrogens with one attached hydrogen (secondary N) is 1. The Morgan fingerprint density at radius 1 is 1.45 bits per heavy atom. The van der Waals surface area contributed by atoms with E-state index in [4.69, 9.17) is 0 Å². The predicted molar refractivity (Wildman–Crippen MR) is 80.6 cm³/mol. The molecule has 0 bridgehead atoms. The van der Waals surface area contributed by atoms with E-state index in [1.54, 1.807) is 18.0 Å². The summed E-state index contributed by atoms with van der Waals surface area (Å²) in [7, 11) is 0. The second-order valence-corrected chi connectivity index (χ2v) is 5.19. The molecule has 20 heavy (non-hydrogen) atoms. The molecule has 0 spiro atoms. The molecular weight excluding hydrogens is 272 g/mol. The predicted octanol–water partition coefficient (Wildman–Crippen LogP) is 2.20. The van der Waals surface area contributed by atoms with E-state index in [1.165, 1.54) is 11.3 Å². The molecule has 2 rings (SSSR count). The lowest BCUT2D eigenvalue weighted by Gasteiger charge is -2.14. The summed E-state index contributed by atoms with van der Waals surface area (Å²) in [6.07, 6.45) is 3.60. The van der Waals surface area contributed by atoms with Crippen molar-refractivity contribution in [2.24, 2.45) is 0 Å². The van der Waals surface area contributed by atoms with Crippen molar-refractivity contribution in [2.45, 2.75) is 26.9 Å². The molecule has 5 nitrogen and oxygen atoms in total. The lowest BCUT2D eigenvalue weighted by atomic mass is 10.3. The molecule has 106 valence electrons. The molecule has 0 saturated carbocycles. The van der Waals surface area contributed by atoms with Crippen molar-refractivity contribution in [2.75, 3.05) is 11.4 Å². The average Bonchev–Trinajstić information content (AvgIpc) is 2.89. The summed E-state index contributed by atoms with van der Waals surface area (Å²) >= 11 is 1.50. The molecule has 1 amide bonds. The molecule has 6 heteroatoms. The lowest BCUT2D eigenvalue weighted by molar-refractivity contribution is -0.116. The van der Waals surface area contributed by atoms with Gasteiger partial charge in [-0.15, -0.1) is 11.3 Å².